The molecule has 0 aliphatic rings. The van der Waals surface area contributed by atoms with Gasteiger partial charge in [-0.1, -0.05) is 13.3 Å². The van der Waals surface area contributed by atoms with Crippen molar-refractivity contribution < 1.29 is 18.1 Å². The van der Waals surface area contributed by atoms with Crippen molar-refractivity contribution >= 4 is 15.7 Å². The predicted octanol–water partition coefficient (Wildman–Crippen LogP) is 4.76. The Morgan fingerprint density at radius 3 is 2.05 bits per heavy atom. The minimum absolute atomic E-state index is 0.123. The third-order valence-corrected chi connectivity index (χ3v) is 9.37. The Balaban J connectivity index is 5.18. The van der Waals surface area contributed by atoms with Gasteiger partial charge >= 0.3 is 7.60 Å². The Kier molecular flexibility index (Phi) is 13.2. The zero-order valence-corrected chi connectivity index (χ0v) is 17.0. The molecule has 0 heterocycles. The molecule has 0 saturated carbocycles. The van der Waals surface area contributed by atoms with Gasteiger partial charge in [0, 0.05) is 14.8 Å². The van der Waals surface area contributed by atoms with E-state index in [0.29, 0.717) is 19.8 Å². The molecule has 5 nitrogen and oxygen atoms in total. The van der Waals surface area contributed by atoms with Gasteiger partial charge in [0.1, 0.15) is 5.40 Å². The second-order valence-corrected chi connectivity index (χ2v) is 10.1. The number of hydrogen-bond donors (Lipinski definition) is 0. The normalized spacial score (nSPS) is 15.2. The van der Waals surface area contributed by atoms with Crippen LogP contribution in [0.5, 0.6) is 0 Å². The first-order valence-corrected chi connectivity index (χ1v) is 11.5. The molecular weight excluding hydrogens is 320 g/mol. The summed E-state index contributed by atoms with van der Waals surface area (Å²) in [6.07, 6.45) is 3.76. The molecule has 2 unspecified atom stereocenters. The van der Waals surface area contributed by atoms with Crippen LogP contribution in [0.3, 0.4) is 0 Å². The Morgan fingerprint density at radius 2 is 1.64 bits per heavy atom. The summed E-state index contributed by atoms with van der Waals surface area (Å²) >= 11 is 0. The van der Waals surface area contributed by atoms with Crippen LogP contribution in [-0.2, 0) is 18.1 Å². The lowest BCUT2D eigenvalue weighted by atomic mass is 10.3. The van der Waals surface area contributed by atoms with Crippen molar-refractivity contribution in [1.82, 2.24) is 4.90 Å². The second-order valence-electron chi connectivity index (χ2n) is 5.36. The molecule has 0 amide bonds. The number of rotatable bonds is 14. The Labute approximate surface area is 138 Å². The quantitative estimate of drug-likeness (QED) is 0.420. The topological polar surface area (TPSA) is 48.0 Å². The van der Waals surface area contributed by atoms with Gasteiger partial charge in [-0.05, 0) is 60.4 Å². The summed E-state index contributed by atoms with van der Waals surface area (Å²) in [6, 6.07) is 0. The summed E-state index contributed by atoms with van der Waals surface area (Å²) < 4.78 is 30.5. The summed E-state index contributed by atoms with van der Waals surface area (Å²) in [5.74, 6) is 0. The zero-order chi connectivity index (χ0) is 17.0. The minimum atomic E-state index is -3.12. The van der Waals surface area contributed by atoms with Crippen LogP contribution in [0.4, 0.5) is 0 Å². The van der Waals surface area contributed by atoms with E-state index in [1.54, 1.807) is 0 Å². The Hall–Kier alpha value is 0.500. The second kappa shape index (κ2) is 12.9. The SMILES string of the molecule is CCCP(OCC)C(CCCN(C)C)P(=O)(OCC)OCC. The van der Waals surface area contributed by atoms with E-state index in [9.17, 15) is 4.57 Å². The lowest BCUT2D eigenvalue weighted by Gasteiger charge is -2.32. The van der Waals surface area contributed by atoms with Crippen LogP contribution in [0.15, 0.2) is 0 Å². The summed E-state index contributed by atoms with van der Waals surface area (Å²) in [4.78, 5) is 2.14. The minimum Gasteiger partial charge on any atom is -0.359 e. The van der Waals surface area contributed by atoms with E-state index in [4.69, 9.17) is 13.6 Å². The maximum atomic E-state index is 13.3. The van der Waals surface area contributed by atoms with E-state index in [0.717, 1.165) is 32.0 Å². The van der Waals surface area contributed by atoms with Gasteiger partial charge in [0.15, 0.2) is 0 Å². The Morgan fingerprint density at radius 1 is 1.05 bits per heavy atom. The van der Waals surface area contributed by atoms with E-state index in [-0.39, 0.29) is 5.40 Å². The van der Waals surface area contributed by atoms with Crippen molar-refractivity contribution in [2.24, 2.45) is 0 Å². The van der Waals surface area contributed by atoms with Gasteiger partial charge in [-0.15, -0.1) is 0 Å². The molecular formula is C15H35NO4P2. The molecule has 0 aliphatic heterocycles. The molecule has 0 aliphatic carbocycles. The van der Waals surface area contributed by atoms with Gasteiger partial charge in [0.05, 0.1) is 13.2 Å². The number of hydrogen-bond acceptors (Lipinski definition) is 5. The van der Waals surface area contributed by atoms with Crippen LogP contribution < -0.4 is 0 Å². The molecule has 0 aromatic carbocycles. The van der Waals surface area contributed by atoms with E-state index < -0.39 is 15.7 Å². The molecule has 2 atom stereocenters. The first kappa shape index (κ1) is 22.5. The molecule has 7 heteroatoms. The highest BCUT2D eigenvalue weighted by Gasteiger charge is 2.41. The largest absolute Gasteiger partial charge is 0.359 e. The Bertz CT molecular complexity index is 300. The van der Waals surface area contributed by atoms with Crippen LogP contribution in [0, 0.1) is 0 Å². The predicted molar refractivity (Wildman–Crippen MR) is 96.1 cm³/mol. The lowest BCUT2D eigenvalue weighted by Crippen LogP contribution is -2.19. The highest BCUT2D eigenvalue weighted by atomic mass is 31.2. The van der Waals surface area contributed by atoms with Gasteiger partial charge in [-0.3, -0.25) is 4.57 Å². The van der Waals surface area contributed by atoms with E-state index in [1.807, 2.05) is 20.8 Å². The first-order valence-electron chi connectivity index (χ1n) is 8.38. The molecule has 0 aromatic rings. The number of nitrogens with zero attached hydrogens (tertiary/aromatic N) is 1. The monoisotopic (exact) mass is 355 g/mol. The molecule has 0 saturated heterocycles. The fourth-order valence-electron chi connectivity index (χ4n) is 2.30. The molecule has 22 heavy (non-hydrogen) atoms. The maximum Gasteiger partial charge on any atom is 0.340 e. The fourth-order valence-corrected chi connectivity index (χ4v) is 7.99. The molecule has 0 aromatic heterocycles. The van der Waals surface area contributed by atoms with Crippen molar-refractivity contribution in [3.05, 3.63) is 0 Å². The molecule has 0 N–H and O–H groups in total. The third-order valence-electron chi connectivity index (χ3n) is 3.12. The molecule has 0 spiro atoms. The highest BCUT2D eigenvalue weighted by Crippen LogP contribution is 2.67. The van der Waals surface area contributed by atoms with Crippen LogP contribution in [0.25, 0.3) is 0 Å². The summed E-state index contributed by atoms with van der Waals surface area (Å²) in [5.41, 5.74) is 0. The molecule has 0 rings (SSSR count). The van der Waals surface area contributed by atoms with Crippen molar-refractivity contribution in [2.75, 3.05) is 46.6 Å². The van der Waals surface area contributed by atoms with Crippen LogP contribution in [-0.4, -0.2) is 56.9 Å². The van der Waals surface area contributed by atoms with Crippen LogP contribution in [0.1, 0.15) is 47.0 Å². The summed E-state index contributed by atoms with van der Waals surface area (Å²) in [7, 11) is 0.188. The van der Waals surface area contributed by atoms with Crippen molar-refractivity contribution in [3.8, 4) is 0 Å². The average Bonchev–Trinajstić information content (AvgIpc) is 2.43. The van der Waals surface area contributed by atoms with Gasteiger partial charge in [-0.25, -0.2) is 0 Å². The van der Waals surface area contributed by atoms with Crippen LogP contribution in [0.2, 0.25) is 0 Å². The molecule has 0 bridgehead atoms. The molecule has 0 radical (unpaired) electrons. The van der Waals surface area contributed by atoms with Crippen LogP contribution >= 0.6 is 15.7 Å². The van der Waals surface area contributed by atoms with Crippen molar-refractivity contribution in [2.45, 2.75) is 52.4 Å². The maximum absolute atomic E-state index is 13.3. The average molecular weight is 355 g/mol. The standard InChI is InChI=1S/C15H35NO4P2/c1-7-14-21(18-8-2)15(12-11-13-16(5)6)22(17,19-9-3)20-10-4/h15H,7-14H2,1-6H3. The fraction of sp³-hybridized carbons (Fsp3) is 1.00. The van der Waals surface area contributed by atoms with Crippen molar-refractivity contribution in [1.29, 1.82) is 0 Å². The van der Waals surface area contributed by atoms with Gasteiger partial charge in [-0.2, -0.15) is 0 Å². The summed E-state index contributed by atoms with van der Waals surface area (Å²) in [6.45, 7) is 10.3. The van der Waals surface area contributed by atoms with E-state index in [1.165, 1.54) is 0 Å². The van der Waals surface area contributed by atoms with Gasteiger partial charge < -0.3 is 18.5 Å². The lowest BCUT2D eigenvalue weighted by molar-refractivity contribution is 0.214. The van der Waals surface area contributed by atoms with Gasteiger partial charge in [0.25, 0.3) is 0 Å². The molecule has 134 valence electrons. The molecule has 0 fully saturated rings. The first-order chi connectivity index (χ1) is 10.4. The van der Waals surface area contributed by atoms with Gasteiger partial charge in [0.2, 0.25) is 0 Å². The van der Waals surface area contributed by atoms with E-state index in [2.05, 4.69) is 25.9 Å². The zero-order valence-electron chi connectivity index (χ0n) is 15.2. The summed E-state index contributed by atoms with van der Waals surface area (Å²) in [5, 5.41) is -0.123. The highest BCUT2D eigenvalue weighted by molar-refractivity contribution is 7.72. The van der Waals surface area contributed by atoms with Crippen molar-refractivity contribution in [3.63, 3.8) is 0 Å². The smallest absolute Gasteiger partial charge is 0.340 e. The third kappa shape index (κ3) is 8.38. The van der Waals surface area contributed by atoms with E-state index >= 15 is 0 Å².